The van der Waals surface area contributed by atoms with Gasteiger partial charge in [-0.05, 0) is 70.6 Å². The van der Waals surface area contributed by atoms with E-state index >= 15 is 0 Å². The van der Waals surface area contributed by atoms with Crippen molar-refractivity contribution < 1.29 is 23.8 Å². The molecule has 0 radical (unpaired) electrons. The number of ether oxygens (including phenoxy) is 3. The third-order valence-corrected chi connectivity index (χ3v) is 11.2. The molecule has 0 saturated heterocycles. The van der Waals surface area contributed by atoms with Gasteiger partial charge in [-0.25, -0.2) is 0 Å². The van der Waals surface area contributed by atoms with Crippen molar-refractivity contribution in [2.45, 2.75) is 258 Å². The second-order valence-corrected chi connectivity index (χ2v) is 17.4. The number of carbonyl (C=O) groups is 2. The molecule has 0 bridgehead atoms. The molecule has 0 fully saturated rings. The molecule has 0 saturated carbocycles. The first kappa shape index (κ1) is 59.3. The summed E-state index contributed by atoms with van der Waals surface area (Å²) in [5, 5.41) is 0. The fourth-order valence-electron chi connectivity index (χ4n) is 7.33. The van der Waals surface area contributed by atoms with Crippen LogP contribution in [0.1, 0.15) is 252 Å². The standard InChI is InChI=1S/C57H100O5/c1-4-7-10-13-16-19-22-25-26-27-28-29-30-31-34-37-40-43-46-49-52-60-53-55(62-57(59)51-48-45-42-39-36-33-24-21-18-15-12-9-6-3)54-61-56(58)50-47-44-41-38-35-32-23-20-17-14-11-8-5-2/h8,11-12,15,17,20-21,24,32,35,41,44,55H,4-7,9-10,13-14,16,18-19,22-23,25-31,33-34,36-40,42-43,45-54H2,1-3H3/b11-8-,15-12-,20-17-,24-21-,35-32-,44-41-. The van der Waals surface area contributed by atoms with Crippen LogP contribution in [-0.2, 0) is 23.8 Å². The van der Waals surface area contributed by atoms with E-state index in [0.717, 1.165) is 77.0 Å². The lowest BCUT2D eigenvalue weighted by Crippen LogP contribution is -2.30. The number of carbonyl (C=O) groups excluding carboxylic acids is 2. The molecular weight excluding hydrogens is 765 g/mol. The zero-order valence-electron chi connectivity index (χ0n) is 41.1. The molecule has 0 rings (SSSR count). The Balaban J connectivity index is 4.28. The first-order valence-electron chi connectivity index (χ1n) is 26.5. The summed E-state index contributed by atoms with van der Waals surface area (Å²) in [7, 11) is 0. The van der Waals surface area contributed by atoms with E-state index in [-0.39, 0.29) is 25.2 Å². The molecule has 0 aromatic heterocycles. The van der Waals surface area contributed by atoms with E-state index in [0.29, 0.717) is 25.9 Å². The Hall–Kier alpha value is -2.66. The third-order valence-electron chi connectivity index (χ3n) is 11.2. The lowest BCUT2D eigenvalue weighted by molar-refractivity contribution is -0.162. The van der Waals surface area contributed by atoms with Crippen LogP contribution < -0.4 is 0 Å². The molecule has 358 valence electrons. The van der Waals surface area contributed by atoms with Gasteiger partial charge < -0.3 is 14.2 Å². The first-order valence-corrected chi connectivity index (χ1v) is 26.5. The van der Waals surface area contributed by atoms with Gasteiger partial charge in [0.2, 0.25) is 0 Å². The number of allylic oxidation sites excluding steroid dienone is 12. The van der Waals surface area contributed by atoms with Crippen LogP contribution in [0.15, 0.2) is 72.9 Å². The van der Waals surface area contributed by atoms with Gasteiger partial charge >= 0.3 is 11.9 Å². The fourth-order valence-corrected chi connectivity index (χ4v) is 7.33. The van der Waals surface area contributed by atoms with E-state index in [1.54, 1.807) is 0 Å². The Morgan fingerprint density at radius 3 is 1.29 bits per heavy atom. The maximum atomic E-state index is 12.8. The van der Waals surface area contributed by atoms with Crippen LogP contribution in [0.5, 0.6) is 0 Å². The number of hydrogen-bond acceptors (Lipinski definition) is 5. The molecule has 0 N–H and O–H groups in total. The molecule has 0 aliphatic heterocycles. The summed E-state index contributed by atoms with van der Waals surface area (Å²) in [6.45, 7) is 7.58. The van der Waals surface area contributed by atoms with Gasteiger partial charge in [-0.2, -0.15) is 0 Å². The van der Waals surface area contributed by atoms with Crippen molar-refractivity contribution in [1.29, 1.82) is 0 Å². The van der Waals surface area contributed by atoms with Crippen LogP contribution in [-0.4, -0.2) is 37.9 Å². The third kappa shape index (κ3) is 50.0. The molecule has 62 heavy (non-hydrogen) atoms. The van der Waals surface area contributed by atoms with Crippen molar-refractivity contribution in [2.24, 2.45) is 0 Å². The minimum atomic E-state index is -0.572. The number of hydrogen-bond donors (Lipinski definition) is 0. The van der Waals surface area contributed by atoms with E-state index in [4.69, 9.17) is 14.2 Å². The summed E-state index contributed by atoms with van der Waals surface area (Å²) in [6, 6.07) is 0. The molecule has 0 aliphatic carbocycles. The van der Waals surface area contributed by atoms with Gasteiger partial charge in [0, 0.05) is 19.4 Å². The van der Waals surface area contributed by atoms with Crippen molar-refractivity contribution >= 4 is 11.9 Å². The highest BCUT2D eigenvalue weighted by Gasteiger charge is 2.17. The second kappa shape index (κ2) is 52.7. The van der Waals surface area contributed by atoms with Gasteiger partial charge in [0.1, 0.15) is 6.61 Å². The molecular formula is C57H100O5. The lowest BCUT2D eigenvalue weighted by atomic mass is 10.0. The number of rotatable bonds is 48. The molecule has 0 aromatic rings. The average Bonchev–Trinajstić information content (AvgIpc) is 3.27. The highest BCUT2D eigenvalue weighted by Crippen LogP contribution is 2.15. The minimum Gasteiger partial charge on any atom is -0.462 e. The van der Waals surface area contributed by atoms with Gasteiger partial charge in [-0.3, -0.25) is 9.59 Å². The normalized spacial score (nSPS) is 12.8. The highest BCUT2D eigenvalue weighted by molar-refractivity contribution is 5.70. The van der Waals surface area contributed by atoms with Gasteiger partial charge in [-0.15, -0.1) is 0 Å². The minimum absolute atomic E-state index is 0.0416. The molecule has 0 spiro atoms. The van der Waals surface area contributed by atoms with Crippen molar-refractivity contribution in [2.75, 3.05) is 19.8 Å². The summed E-state index contributed by atoms with van der Waals surface area (Å²) in [4.78, 5) is 25.3. The Morgan fingerprint density at radius 2 is 0.790 bits per heavy atom. The van der Waals surface area contributed by atoms with Crippen LogP contribution in [0.2, 0.25) is 0 Å². The topological polar surface area (TPSA) is 61.8 Å². The Labute approximate surface area is 385 Å². The van der Waals surface area contributed by atoms with Crippen molar-refractivity contribution in [1.82, 2.24) is 0 Å². The quantitative estimate of drug-likeness (QED) is 0.0346. The highest BCUT2D eigenvalue weighted by atomic mass is 16.6. The van der Waals surface area contributed by atoms with E-state index < -0.39 is 6.10 Å². The second-order valence-electron chi connectivity index (χ2n) is 17.4. The summed E-state index contributed by atoms with van der Waals surface area (Å²) >= 11 is 0. The molecule has 1 unspecified atom stereocenters. The fraction of sp³-hybridized carbons (Fsp3) is 0.754. The van der Waals surface area contributed by atoms with E-state index in [9.17, 15) is 9.59 Å². The number of unbranched alkanes of at least 4 members (excludes halogenated alkanes) is 25. The van der Waals surface area contributed by atoms with E-state index in [1.807, 2.05) is 6.08 Å². The smallest absolute Gasteiger partial charge is 0.306 e. The maximum absolute atomic E-state index is 12.8. The summed E-state index contributed by atoms with van der Waals surface area (Å²) in [5.74, 6) is -0.502. The monoisotopic (exact) mass is 865 g/mol. The Bertz CT molecular complexity index is 1110. The van der Waals surface area contributed by atoms with E-state index in [1.165, 1.54) is 135 Å². The average molecular weight is 865 g/mol. The van der Waals surface area contributed by atoms with Crippen molar-refractivity contribution in [3.63, 3.8) is 0 Å². The summed E-state index contributed by atoms with van der Waals surface area (Å²) in [6.07, 6.45) is 67.9. The summed E-state index contributed by atoms with van der Waals surface area (Å²) < 4.78 is 17.3. The van der Waals surface area contributed by atoms with E-state index in [2.05, 4.69) is 87.6 Å². The van der Waals surface area contributed by atoms with Crippen LogP contribution in [0, 0.1) is 0 Å². The molecule has 5 nitrogen and oxygen atoms in total. The first-order chi connectivity index (χ1) is 30.6. The molecule has 0 heterocycles. The van der Waals surface area contributed by atoms with Crippen LogP contribution in [0.4, 0.5) is 0 Å². The Morgan fingerprint density at radius 1 is 0.371 bits per heavy atom. The molecule has 0 aliphatic rings. The van der Waals surface area contributed by atoms with Crippen LogP contribution in [0.25, 0.3) is 0 Å². The predicted octanol–water partition coefficient (Wildman–Crippen LogP) is 17.9. The zero-order chi connectivity index (χ0) is 44.9. The van der Waals surface area contributed by atoms with Gasteiger partial charge in [0.15, 0.2) is 6.10 Å². The lowest BCUT2D eigenvalue weighted by Gasteiger charge is -2.18. The molecule has 0 amide bonds. The maximum Gasteiger partial charge on any atom is 0.306 e. The Kier molecular flexibility index (Phi) is 50.4. The van der Waals surface area contributed by atoms with Crippen LogP contribution >= 0.6 is 0 Å². The van der Waals surface area contributed by atoms with Crippen molar-refractivity contribution in [3.8, 4) is 0 Å². The van der Waals surface area contributed by atoms with Gasteiger partial charge in [0.05, 0.1) is 6.61 Å². The predicted molar refractivity (Wildman–Crippen MR) is 270 cm³/mol. The van der Waals surface area contributed by atoms with Gasteiger partial charge in [0.25, 0.3) is 0 Å². The molecule has 5 heteroatoms. The SMILES string of the molecule is CC/C=C\C/C=C\C/C=C\C/C=C\CCC(=O)OCC(COCCCCCCCCCCCCCCCCCCCCCC)OC(=O)CCCCCCC/C=C\C/C=C\CCC. The van der Waals surface area contributed by atoms with Crippen LogP contribution in [0.3, 0.4) is 0 Å². The number of esters is 2. The molecule has 0 aromatic carbocycles. The van der Waals surface area contributed by atoms with Crippen molar-refractivity contribution in [3.05, 3.63) is 72.9 Å². The van der Waals surface area contributed by atoms with Gasteiger partial charge in [-0.1, -0.05) is 241 Å². The zero-order valence-corrected chi connectivity index (χ0v) is 41.1. The molecule has 1 atom stereocenters. The largest absolute Gasteiger partial charge is 0.462 e. The summed E-state index contributed by atoms with van der Waals surface area (Å²) in [5.41, 5.74) is 0.